The number of amides is 2. The summed E-state index contributed by atoms with van der Waals surface area (Å²) in [5.74, 6) is 0.366. The summed E-state index contributed by atoms with van der Waals surface area (Å²) in [4.78, 5) is 43.3. The van der Waals surface area contributed by atoms with Crippen LogP contribution in [0.2, 0.25) is 0 Å². The number of hydrazine groups is 1. The van der Waals surface area contributed by atoms with E-state index in [1.165, 1.54) is 10.9 Å². The highest BCUT2D eigenvalue weighted by molar-refractivity contribution is 5.93. The molecule has 0 aromatic carbocycles. The first kappa shape index (κ1) is 25.0. The van der Waals surface area contributed by atoms with Gasteiger partial charge in [-0.05, 0) is 60.5 Å². The Balaban J connectivity index is 1.65. The average molecular weight is 488 g/mol. The van der Waals surface area contributed by atoms with Gasteiger partial charge in [0.05, 0.1) is 6.04 Å². The number of carbonyl (C=O) groups excluding carboxylic acids is 2. The topological polar surface area (TPSA) is 135 Å². The van der Waals surface area contributed by atoms with E-state index in [-0.39, 0.29) is 18.0 Å². The number of fused-ring (bicyclic) bond motifs is 1. The lowest BCUT2D eigenvalue weighted by molar-refractivity contribution is 0.0514. The van der Waals surface area contributed by atoms with Gasteiger partial charge in [-0.1, -0.05) is 12.8 Å². The number of piperidine rings is 1. The van der Waals surface area contributed by atoms with E-state index in [1.54, 1.807) is 5.01 Å². The molecule has 0 radical (unpaired) electrons. The van der Waals surface area contributed by atoms with Crippen LogP contribution in [0.15, 0.2) is 6.33 Å². The quantitative estimate of drug-likeness (QED) is 0.624. The van der Waals surface area contributed by atoms with Crippen LogP contribution in [0.4, 0.5) is 21.4 Å². The van der Waals surface area contributed by atoms with Crippen LogP contribution in [0.25, 0.3) is 11.2 Å². The fourth-order valence-electron chi connectivity index (χ4n) is 4.81. The van der Waals surface area contributed by atoms with Gasteiger partial charge >= 0.3 is 12.1 Å². The number of imidazole rings is 1. The van der Waals surface area contributed by atoms with Crippen molar-refractivity contribution in [3.63, 3.8) is 0 Å². The second-order valence-corrected chi connectivity index (χ2v) is 10.6. The molecule has 2 amide bonds. The first-order valence-corrected chi connectivity index (χ1v) is 12.3. The highest BCUT2D eigenvalue weighted by Crippen LogP contribution is 2.30. The first-order valence-electron chi connectivity index (χ1n) is 12.3. The van der Waals surface area contributed by atoms with Crippen molar-refractivity contribution in [3.05, 3.63) is 6.33 Å². The largest absolute Gasteiger partial charge is 0.443 e. The number of ether oxygens (including phenoxy) is 1. The summed E-state index contributed by atoms with van der Waals surface area (Å²) in [7, 11) is 4.13. The minimum atomic E-state index is -0.653. The Bertz CT molecular complexity index is 1060. The van der Waals surface area contributed by atoms with Gasteiger partial charge in [-0.25, -0.2) is 24.6 Å². The SMILES string of the molecule is CN(C)C1CCN(C(=O)n2cnc3c(N(NC(=O)OC(C)(C)C)C4CCCC4)nc(N)nc32)CC1. The number of hydrogen-bond acceptors (Lipinski definition) is 9. The fraction of sp³-hybridized carbons (Fsp3) is 0.696. The summed E-state index contributed by atoms with van der Waals surface area (Å²) in [5.41, 5.74) is 9.00. The lowest BCUT2D eigenvalue weighted by atomic mass is 10.0. The molecule has 1 saturated heterocycles. The van der Waals surface area contributed by atoms with Crippen LogP contribution in [0, 0.1) is 0 Å². The van der Waals surface area contributed by atoms with Crippen molar-refractivity contribution in [3.8, 4) is 0 Å². The molecule has 1 saturated carbocycles. The molecule has 3 N–H and O–H groups in total. The third kappa shape index (κ3) is 5.58. The zero-order valence-electron chi connectivity index (χ0n) is 21.3. The normalized spacial score (nSPS) is 17.8. The van der Waals surface area contributed by atoms with Gasteiger partial charge in [-0.3, -0.25) is 5.01 Å². The summed E-state index contributed by atoms with van der Waals surface area (Å²) < 4.78 is 6.91. The Morgan fingerprint density at radius 1 is 1.09 bits per heavy atom. The molecular formula is C23H37N9O3. The van der Waals surface area contributed by atoms with Gasteiger partial charge in [0, 0.05) is 19.1 Å². The zero-order chi connectivity index (χ0) is 25.3. The standard InChI is InChI=1S/C23H37N9O3/c1-23(2,3)35-21(33)28-32(16-8-6-7-9-16)19-17-18(26-20(24)27-19)31(14-25-17)22(34)30-12-10-15(11-13-30)29(4)5/h14-16H,6-13H2,1-5H3,(H,28,33)(H2,24,26,27). The van der Waals surface area contributed by atoms with Crippen LogP contribution in [-0.4, -0.2) is 86.3 Å². The number of likely N-dealkylation sites (tertiary alicyclic amines) is 1. The number of rotatable bonds is 4. The van der Waals surface area contributed by atoms with Gasteiger partial charge in [-0.2, -0.15) is 9.97 Å². The smallest absolute Gasteiger partial charge is 0.426 e. The summed E-state index contributed by atoms with van der Waals surface area (Å²) >= 11 is 0. The van der Waals surface area contributed by atoms with Gasteiger partial charge in [0.2, 0.25) is 5.95 Å². The van der Waals surface area contributed by atoms with Crippen molar-refractivity contribution < 1.29 is 14.3 Å². The second-order valence-electron chi connectivity index (χ2n) is 10.6. The monoisotopic (exact) mass is 487 g/mol. The zero-order valence-corrected chi connectivity index (χ0v) is 21.3. The molecule has 35 heavy (non-hydrogen) atoms. The molecule has 2 fully saturated rings. The molecule has 1 aliphatic carbocycles. The maximum Gasteiger partial charge on any atom is 0.426 e. The van der Waals surface area contributed by atoms with Crippen molar-refractivity contribution in [1.82, 2.24) is 34.7 Å². The second kappa shape index (κ2) is 9.84. The molecule has 2 aromatic rings. The van der Waals surface area contributed by atoms with Gasteiger partial charge in [0.15, 0.2) is 17.0 Å². The van der Waals surface area contributed by atoms with Gasteiger partial charge in [-0.15, -0.1) is 0 Å². The van der Waals surface area contributed by atoms with E-state index < -0.39 is 11.7 Å². The van der Waals surface area contributed by atoms with E-state index in [0.717, 1.165) is 38.5 Å². The highest BCUT2D eigenvalue weighted by Gasteiger charge is 2.32. The Hall–Kier alpha value is -3.15. The van der Waals surface area contributed by atoms with Crippen molar-refractivity contribution in [1.29, 1.82) is 0 Å². The van der Waals surface area contributed by atoms with E-state index in [1.807, 2.05) is 25.7 Å². The fourth-order valence-corrected chi connectivity index (χ4v) is 4.81. The molecule has 2 aromatic heterocycles. The molecule has 12 heteroatoms. The van der Waals surface area contributed by atoms with Crippen molar-refractivity contribution in [2.24, 2.45) is 0 Å². The van der Waals surface area contributed by atoms with Crippen LogP contribution in [-0.2, 0) is 4.74 Å². The Morgan fingerprint density at radius 3 is 2.34 bits per heavy atom. The molecular weight excluding hydrogens is 450 g/mol. The molecule has 4 rings (SSSR count). The van der Waals surface area contributed by atoms with Gasteiger partial charge < -0.3 is 20.3 Å². The van der Waals surface area contributed by atoms with E-state index in [9.17, 15) is 9.59 Å². The number of anilines is 2. The molecule has 0 bridgehead atoms. The maximum absolute atomic E-state index is 13.4. The van der Waals surface area contributed by atoms with Crippen molar-refractivity contribution in [2.75, 3.05) is 37.9 Å². The number of carbonyl (C=O) groups is 2. The number of nitrogens with two attached hydrogens (primary N) is 1. The molecule has 0 atom stereocenters. The van der Waals surface area contributed by atoms with E-state index >= 15 is 0 Å². The van der Waals surface area contributed by atoms with Crippen LogP contribution >= 0.6 is 0 Å². The molecule has 2 aliphatic rings. The van der Waals surface area contributed by atoms with Crippen LogP contribution in [0.1, 0.15) is 59.3 Å². The van der Waals surface area contributed by atoms with Crippen LogP contribution < -0.4 is 16.2 Å². The predicted octanol–water partition coefficient (Wildman–Crippen LogP) is 2.59. The number of aromatic nitrogens is 4. The summed E-state index contributed by atoms with van der Waals surface area (Å²) in [6.45, 7) is 6.73. The third-order valence-electron chi connectivity index (χ3n) is 6.60. The lowest BCUT2D eigenvalue weighted by Gasteiger charge is -2.35. The van der Waals surface area contributed by atoms with E-state index in [0.29, 0.717) is 36.1 Å². The molecule has 12 nitrogen and oxygen atoms in total. The minimum absolute atomic E-state index is 0.00218. The lowest BCUT2D eigenvalue weighted by Crippen LogP contribution is -2.50. The molecule has 0 unspecified atom stereocenters. The van der Waals surface area contributed by atoms with Gasteiger partial charge in [0.1, 0.15) is 11.9 Å². The molecule has 1 aliphatic heterocycles. The van der Waals surface area contributed by atoms with Gasteiger partial charge in [0.25, 0.3) is 0 Å². The van der Waals surface area contributed by atoms with Crippen LogP contribution in [0.3, 0.4) is 0 Å². The minimum Gasteiger partial charge on any atom is -0.443 e. The highest BCUT2D eigenvalue weighted by atomic mass is 16.6. The number of nitrogens with zero attached hydrogens (tertiary/aromatic N) is 7. The Kier molecular flexibility index (Phi) is 7.02. The summed E-state index contributed by atoms with van der Waals surface area (Å²) in [5, 5.41) is 1.69. The third-order valence-corrected chi connectivity index (χ3v) is 6.60. The number of nitrogen functional groups attached to an aromatic ring is 1. The number of hydrogen-bond donors (Lipinski definition) is 2. The predicted molar refractivity (Wildman–Crippen MR) is 133 cm³/mol. The Morgan fingerprint density at radius 2 is 1.74 bits per heavy atom. The molecule has 0 spiro atoms. The van der Waals surface area contributed by atoms with Crippen molar-refractivity contribution in [2.45, 2.75) is 77.0 Å². The first-order chi connectivity index (χ1) is 16.5. The van der Waals surface area contributed by atoms with E-state index in [4.69, 9.17) is 10.5 Å². The number of nitrogens with one attached hydrogen (secondary N) is 1. The van der Waals surface area contributed by atoms with E-state index in [2.05, 4.69) is 39.4 Å². The van der Waals surface area contributed by atoms with Crippen molar-refractivity contribution >= 4 is 35.1 Å². The molecule has 3 heterocycles. The van der Waals surface area contributed by atoms with Crippen LogP contribution in [0.5, 0.6) is 0 Å². The Labute approximate surface area is 205 Å². The summed E-state index contributed by atoms with van der Waals surface area (Å²) in [6, 6.07) is 0.272. The average Bonchev–Trinajstić information content (AvgIpc) is 3.45. The molecule has 192 valence electrons. The summed E-state index contributed by atoms with van der Waals surface area (Å²) in [6.07, 6.45) is 6.51. The maximum atomic E-state index is 13.4.